The van der Waals surface area contributed by atoms with Gasteiger partial charge in [0.15, 0.2) is 17.3 Å². The Kier molecular flexibility index (Phi) is 8.61. The van der Waals surface area contributed by atoms with Crippen molar-refractivity contribution in [3.05, 3.63) is 94.3 Å². The maximum Gasteiger partial charge on any atom is 0.254 e. The molecule has 43 heavy (non-hydrogen) atoms. The van der Waals surface area contributed by atoms with Gasteiger partial charge in [-0.1, -0.05) is 18.2 Å². The second-order valence-electron chi connectivity index (χ2n) is 10.4. The van der Waals surface area contributed by atoms with Gasteiger partial charge in [-0.15, -0.1) is 0 Å². The molecule has 0 saturated carbocycles. The van der Waals surface area contributed by atoms with E-state index >= 15 is 0 Å². The molecule has 1 heterocycles. The van der Waals surface area contributed by atoms with Gasteiger partial charge in [0.2, 0.25) is 0 Å². The van der Waals surface area contributed by atoms with E-state index in [0.717, 1.165) is 11.3 Å². The highest BCUT2D eigenvalue weighted by Crippen LogP contribution is 2.49. The van der Waals surface area contributed by atoms with E-state index in [1.54, 1.807) is 59.8 Å². The second kappa shape index (κ2) is 12.5. The van der Waals surface area contributed by atoms with Gasteiger partial charge in [0, 0.05) is 34.5 Å². The van der Waals surface area contributed by atoms with Crippen LogP contribution in [0, 0.1) is 0 Å². The van der Waals surface area contributed by atoms with Crippen molar-refractivity contribution in [2.75, 3.05) is 40.9 Å². The van der Waals surface area contributed by atoms with Crippen LogP contribution in [0.3, 0.4) is 0 Å². The lowest BCUT2D eigenvalue weighted by atomic mass is 9.71. The van der Waals surface area contributed by atoms with E-state index in [-0.39, 0.29) is 24.0 Å². The molecule has 0 spiro atoms. The third-order valence-electron chi connectivity index (χ3n) is 8.05. The number of para-hydroxylation sites is 2. The van der Waals surface area contributed by atoms with Crippen LogP contribution in [0.2, 0.25) is 0 Å². The molecule has 1 amide bonds. The number of Topliss-reactive ketones (excluding diaryl/α,β-unsaturated/α-hetero) is 1. The summed E-state index contributed by atoms with van der Waals surface area (Å²) in [5, 5.41) is 6.43. The van der Waals surface area contributed by atoms with E-state index in [2.05, 4.69) is 10.6 Å². The minimum Gasteiger partial charge on any atom is -0.497 e. The molecule has 2 N–H and O–H groups in total. The number of nitrogens with one attached hydrogen (secondary N) is 2. The topological polar surface area (TPSA) is 104 Å². The molecule has 0 saturated heterocycles. The van der Waals surface area contributed by atoms with Crippen molar-refractivity contribution in [1.29, 1.82) is 0 Å². The van der Waals surface area contributed by atoms with Crippen molar-refractivity contribution in [1.82, 2.24) is 5.32 Å². The molecule has 1 aliphatic carbocycles. The average Bonchev–Trinajstić information content (AvgIpc) is 3.03. The van der Waals surface area contributed by atoms with Gasteiger partial charge >= 0.3 is 0 Å². The molecule has 0 bridgehead atoms. The molecule has 224 valence electrons. The third-order valence-corrected chi connectivity index (χ3v) is 8.05. The number of carbonyl (C=O) groups is 2. The third kappa shape index (κ3) is 5.62. The average molecular weight is 585 g/mol. The highest BCUT2D eigenvalue weighted by molar-refractivity contribution is 6.10. The van der Waals surface area contributed by atoms with Gasteiger partial charge in [-0.25, -0.2) is 0 Å². The van der Waals surface area contributed by atoms with Crippen LogP contribution in [0.15, 0.2) is 83.2 Å². The van der Waals surface area contributed by atoms with Gasteiger partial charge in [0.25, 0.3) is 5.91 Å². The van der Waals surface area contributed by atoms with Crippen molar-refractivity contribution in [2.24, 2.45) is 0 Å². The smallest absolute Gasteiger partial charge is 0.254 e. The number of allylic oxidation sites excluding steroid dienone is 3. The lowest BCUT2D eigenvalue weighted by Gasteiger charge is -2.37. The molecule has 9 nitrogen and oxygen atoms in total. The van der Waals surface area contributed by atoms with E-state index in [0.29, 0.717) is 63.3 Å². The van der Waals surface area contributed by atoms with Gasteiger partial charge in [0.05, 0.1) is 47.2 Å². The summed E-state index contributed by atoms with van der Waals surface area (Å²) in [6, 6.07) is 18.3. The van der Waals surface area contributed by atoms with Gasteiger partial charge in [-0.2, -0.15) is 0 Å². The largest absolute Gasteiger partial charge is 0.497 e. The number of ether oxygens (including phenoxy) is 5. The zero-order valence-corrected chi connectivity index (χ0v) is 25.2. The minimum absolute atomic E-state index is 0.0569. The fourth-order valence-electron chi connectivity index (χ4n) is 6.00. The highest BCUT2D eigenvalue weighted by atomic mass is 16.5. The number of methoxy groups -OCH3 is 5. The molecule has 2 atom stereocenters. The predicted molar refractivity (Wildman–Crippen MR) is 163 cm³/mol. The summed E-state index contributed by atoms with van der Waals surface area (Å²) in [7, 11) is 7.88. The molecule has 2 aliphatic rings. The molecule has 1 aliphatic heterocycles. The van der Waals surface area contributed by atoms with Crippen LogP contribution in [-0.2, 0) is 9.59 Å². The van der Waals surface area contributed by atoms with E-state index in [1.165, 1.54) is 0 Å². The monoisotopic (exact) mass is 584 g/mol. The van der Waals surface area contributed by atoms with E-state index in [9.17, 15) is 9.59 Å². The molecular formula is C34H36N2O7. The van der Waals surface area contributed by atoms with Crippen molar-refractivity contribution >= 4 is 17.4 Å². The predicted octanol–water partition coefficient (Wildman–Crippen LogP) is 5.73. The van der Waals surface area contributed by atoms with Gasteiger partial charge in [-0.3, -0.25) is 9.59 Å². The zero-order chi connectivity index (χ0) is 30.7. The first-order valence-corrected chi connectivity index (χ1v) is 14.0. The van der Waals surface area contributed by atoms with Crippen LogP contribution in [-0.4, -0.2) is 47.2 Å². The summed E-state index contributed by atoms with van der Waals surface area (Å²) in [5.74, 6) is 1.69. The second-order valence-corrected chi connectivity index (χ2v) is 10.4. The lowest BCUT2D eigenvalue weighted by Crippen LogP contribution is -2.37. The normalized spacial score (nSPS) is 18.0. The molecule has 0 aromatic heterocycles. The molecule has 3 aromatic carbocycles. The summed E-state index contributed by atoms with van der Waals surface area (Å²) >= 11 is 0. The van der Waals surface area contributed by atoms with Gasteiger partial charge in [-0.05, 0) is 67.3 Å². The Labute approximate surface area is 251 Å². The fourth-order valence-corrected chi connectivity index (χ4v) is 6.00. The van der Waals surface area contributed by atoms with E-state index < -0.39 is 5.92 Å². The Balaban J connectivity index is 1.61. The molecule has 0 fully saturated rings. The molecule has 5 rings (SSSR count). The van der Waals surface area contributed by atoms with Crippen LogP contribution in [0.1, 0.15) is 42.7 Å². The Morgan fingerprint density at radius 1 is 0.791 bits per heavy atom. The number of dihydropyridines is 1. The lowest BCUT2D eigenvalue weighted by molar-refractivity contribution is -0.116. The Bertz CT molecular complexity index is 1620. The number of benzene rings is 3. The first-order valence-electron chi connectivity index (χ1n) is 14.0. The quantitative estimate of drug-likeness (QED) is 0.329. The Morgan fingerprint density at radius 2 is 1.49 bits per heavy atom. The van der Waals surface area contributed by atoms with E-state index in [1.807, 2.05) is 43.3 Å². The molecular weight excluding hydrogens is 548 g/mol. The summed E-state index contributed by atoms with van der Waals surface area (Å²) in [4.78, 5) is 28.2. The SMILES string of the molecule is COc1ccc(OC)c([C@@H]2C(C(=O)Nc3ccccc3OC)=C(C)NC3=C2C(=O)C[C@H](c2ccc(OC)c(OC)c2)C3)c1. The van der Waals surface area contributed by atoms with Gasteiger partial charge in [0.1, 0.15) is 17.2 Å². The standard InChI is InChI=1S/C34H36N2O7/c1-19-31(34(38)36-24-9-7-8-10-28(24)41-4)32(23-18-22(39-2)12-14-27(23)40-3)33-25(35-19)15-21(16-26(33)37)20-11-13-29(42-5)30(17-20)43-6/h7-14,17-18,21,32,35H,15-16H2,1-6H3,(H,36,38)/t21-,32-/m1/s1. The first-order chi connectivity index (χ1) is 20.8. The number of carbonyl (C=O) groups excluding carboxylic acids is 2. The minimum atomic E-state index is -0.699. The number of ketones is 1. The number of anilines is 1. The van der Waals surface area contributed by atoms with Crippen molar-refractivity contribution in [2.45, 2.75) is 31.6 Å². The molecule has 0 radical (unpaired) electrons. The molecule has 3 aromatic rings. The van der Waals surface area contributed by atoms with Crippen LogP contribution in [0.4, 0.5) is 5.69 Å². The number of hydrogen-bond acceptors (Lipinski definition) is 8. The van der Waals surface area contributed by atoms with Crippen molar-refractivity contribution in [3.8, 4) is 28.7 Å². The first kappa shape index (κ1) is 29.6. The summed E-state index contributed by atoms with van der Waals surface area (Å²) < 4.78 is 27.7. The molecule has 9 heteroatoms. The van der Waals surface area contributed by atoms with Crippen LogP contribution < -0.4 is 34.3 Å². The van der Waals surface area contributed by atoms with Gasteiger partial charge < -0.3 is 34.3 Å². The summed E-state index contributed by atoms with van der Waals surface area (Å²) in [5.41, 5.74) is 4.52. The molecule has 0 unspecified atom stereocenters. The summed E-state index contributed by atoms with van der Waals surface area (Å²) in [6.07, 6.45) is 0.831. The fraction of sp³-hybridized carbons (Fsp3) is 0.294. The summed E-state index contributed by atoms with van der Waals surface area (Å²) in [6.45, 7) is 1.85. The Morgan fingerprint density at radius 3 is 2.19 bits per heavy atom. The number of amides is 1. The Hall–Kier alpha value is -4.92. The highest BCUT2D eigenvalue weighted by Gasteiger charge is 2.42. The van der Waals surface area contributed by atoms with Crippen LogP contribution in [0.5, 0.6) is 28.7 Å². The van der Waals surface area contributed by atoms with Crippen LogP contribution >= 0.6 is 0 Å². The van der Waals surface area contributed by atoms with E-state index in [4.69, 9.17) is 23.7 Å². The van der Waals surface area contributed by atoms with Crippen LogP contribution in [0.25, 0.3) is 0 Å². The maximum absolute atomic E-state index is 14.2. The van der Waals surface area contributed by atoms with Crippen molar-refractivity contribution in [3.63, 3.8) is 0 Å². The van der Waals surface area contributed by atoms with Crippen molar-refractivity contribution < 1.29 is 33.3 Å². The zero-order valence-electron chi connectivity index (χ0n) is 25.2. The number of rotatable bonds is 9. The number of hydrogen-bond donors (Lipinski definition) is 2. The maximum atomic E-state index is 14.2.